The molecule has 0 spiro atoms. The first-order valence-corrected chi connectivity index (χ1v) is 11.4. The van der Waals surface area contributed by atoms with E-state index in [0.29, 0.717) is 12.8 Å². The van der Waals surface area contributed by atoms with E-state index in [1.807, 2.05) is 48.5 Å². The van der Waals surface area contributed by atoms with Crippen LogP contribution in [0.5, 0.6) is 0 Å². The largest absolute Gasteiger partial charge is 0.457 e. The summed E-state index contributed by atoms with van der Waals surface area (Å²) in [4.78, 5) is 39.7. The van der Waals surface area contributed by atoms with Crippen LogP contribution in [0.2, 0.25) is 6.32 Å². The van der Waals surface area contributed by atoms with E-state index in [0.717, 1.165) is 19.2 Å². The Kier molecular flexibility index (Phi) is 6.02. The molecule has 2 saturated heterocycles. The van der Waals surface area contributed by atoms with E-state index < -0.39 is 17.1 Å². The molecule has 0 aromatic carbocycles. The molecule has 8 nitrogen and oxygen atoms in total. The average molecular weight is 435 g/mol. The molecule has 0 aromatic heterocycles. The first-order valence-electron chi connectivity index (χ1n) is 11.4. The van der Waals surface area contributed by atoms with Crippen molar-refractivity contribution in [2.75, 3.05) is 0 Å². The molecule has 1 aliphatic carbocycles. The average Bonchev–Trinajstić information content (AvgIpc) is 2.79. The van der Waals surface area contributed by atoms with E-state index in [9.17, 15) is 14.4 Å². The number of imide groups is 1. The highest BCUT2D eigenvalue weighted by Gasteiger charge is 2.59. The van der Waals surface area contributed by atoms with Gasteiger partial charge >= 0.3 is 13.1 Å². The fraction of sp³-hybridized carbons (Fsp3) is 0.864. The Morgan fingerprint density at radius 2 is 1.74 bits per heavy atom. The minimum absolute atomic E-state index is 0.211. The van der Waals surface area contributed by atoms with E-state index in [-0.39, 0.29) is 42.1 Å². The zero-order valence-corrected chi connectivity index (χ0v) is 20.3. The molecule has 2 aliphatic heterocycles. The Morgan fingerprint density at radius 1 is 1.16 bits per heavy atom. The van der Waals surface area contributed by atoms with Crippen molar-refractivity contribution in [3.05, 3.63) is 0 Å². The number of nitrogens with one attached hydrogen (secondary N) is 2. The summed E-state index contributed by atoms with van der Waals surface area (Å²) in [5.74, 6) is -0.373. The SMILES string of the molecule is CC(=O)N[C@]12C[C@H](CCB3OC(C)(C)C(C)(C)O3)CCC1NC(=O)N(C(C)(C)C)C2=O. The second kappa shape index (κ2) is 7.76. The van der Waals surface area contributed by atoms with Crippen LogP contribution in [0.25, 0.3) is 0 Å². The van der Waals surface area contributed by atoms with Crippen molar-refractivity contribution in [3.63, 3.8) is 0 Å². The second-order valence-electron chi connectivity index (χ2n) is 11.4. The fourth-order valence-electron chi connectivity index (χ4n) is 5.10. The molecule has 31 heavy (non-hydrogen) atoms. The van der Waals surface area contributed by atoms with Crippen LogP contribution >= 0.6 is 0 Å². The van der Waals surface area contributed by atoms with Crippen molar-refractivity contribution in [2.24, 2.45) is 5.92 Å². The maximum Gasteiger partial charge on any atom is 0.457 e. The van der Waals surface area contributed by atoms with Crippen LogP contribution in [0.4, 0.5) is 4.79 Å². The minimum Gasteiger partial charge on any atom is -0.403 e. The summed E-state index contributed by atoms with van der Waals surface area (Å²) in [5.41, 5.74) is -2.55. The van der Waals surface area contributed by atoms with Gasteiger partial charge in [0.05, 0.1) is 17.2 Å². The molecule has 3 fully saturated rings. The summed E-state index contributed by atoms with van der Waals surface area (Å²) in [5, 5.41) is 5.94. The summed E-state index contributed by atoms with van der Waals surface area (Å²) in [6, 6.07) is -0.790. The van der Waals surface area contributed by atoms with E-state index in [1.165, 1.54) is 11.8 Å². The van der Waals surface area contributed by atoms with Crippen LogP contribution in [0.3, 0.4) is 0 Å². The van der Waals surface area contributed by atoms with Gasteiger partial charge in [-0.05, 0) is 80.0 Å². The monoisotopic (exact) mass is 435 g/mol. The van der Waals surface area contributed by atoms with Gasteiger partial charge in [0.2, 0.25) is 5.91 Å². The van der Waals surface area contributed by atoms with Gasteiger partial charge in [0.15, 0.2) is 0 Å². The van der Waals surface area contributed by atoms with Crippen LogP contribution < -0.4 is 10.6 Å². The number of rotatable bonds is 4. The maximum absolute atomic E-state index is 13.7. The van der Waals surface area contributed by atoms with Crippen molar-refractivity contribution in [1.82, 2.24) is 15.5 Å². The van der Waals surface area contributed by atoms with Gasteiger partial charge in [-0.1, -0.05) is 6.42 Å². The second-order valence-corrected chi connectivity index (χ2v) is 11.4. The van der Waals surface area contributed by atoms with Crippen molar-refractivity contribution in [3.8, 4) is 0 Å². The Labute approximate surface area is 186 Å². The zero-order chi connectivity index (χ0) is 23.4. The molecule has 3 rings (SSSR count). The van der Waals surface area contributed by atoms with Gasteiger partial charge in [-0.3, -0.25) is 14.5 Å². The minimum atomic E-state index is -1.12. The number of fused-ring (bicyclic) bond motifs is 1. The molecule has 2 heterocycles. The summed E-state index contributed by atoms with van der Waals surface area (Å²) in [6.07, 6.45) is 3.55. The van der Waals surface area contributed by atoms with Gasteiger partial charge in [0.1, 0.15) is 5.54 Å². The number of hydrogen-bond donors (Lipinski definition) is 2. The molecule has 0 bridgehead atoms. The van der Waals surface area contributed by atoms with Crippen LogP contribution in [0, 0.1) is 5.92 Å². The Balaban J connectivity index is 1.77. The number of nitrogens with zero attached hydrogens (tertiary/aromatic N) is 1. The van der Waals surface area contributed by atoms with Crippen molar-refractivity contribution in [2.45, 2.75) is 116 Å². The quantitative estimate of drug-likeness (QED) is 0.662. The smallest absolute Gasteiger partial charge is 0.403 e. The molecule has 2 N–H and O–H groups in total. The summed E-state index contributed by atoms with van der Waals surface area (Å²) in [7, 11) is -0.285. The first-order chi connectivity index (χ1) is 14.1. The molecule has 3 atom stereocenters. The number of amides is 4. The molecule has 1 saturated carbocycles. The standard InChI is InChI=1S/C22H38BN3O5/c1-14(27)25-22-13-15(11-12-23-30-20(5,6)21(7,8)31-23)9-10-16(22)24-18(29)26(17(22)28)19(2,3)4/h15-16H,9-13H2,1-8H3,(H,24,29)(H,25,27)/t15-,16?,22+/m0/s1. The molecule has 0 aromatic rings. The molecule has 4 amide bonds. The fourth-order valence-corrected chi connectivity index (χ4v) is 5.10. The van der Waals surface area contributed by atoms with Gasteiger partial charge < -0.3 is 19.9 Å². The molecule has 3 aliphatic rings. The van der Waals surface area contributed by atoms with Crippen LogP contribution in [0.15, 0.2) is 0 Å². The zero-order valence-electron chi connectivity index (χ0n) is 20.3. The van der Waals surface area contributed by atoms with Gasteiger partial charge in [-0.25, -0.2) is 4.79 Å². The highest BCUT2D eigenvalue weighted by atomic mass is 16.7. The third-order valence-corrected chi connectivity index (χ3v) is 7.34. The Bertz CT molecular complexity index is 747. The Hall–Kier alpha value is -1.61. The number of carbonyl (C=O) groups is 3. The normalized spacial score (nSPS) is 32.5. The van der Waals surface area contributed by atoms with Crippen LogP contribution in [0.1, 0.15) is 81.1 Å². The van der Waals surface area contributed by atoms with Crippen molar-refractivity contribution in [1.29, 1.82) is 0 Å². The highest BCUT2D eigenvalue weighted by molar-refractivity contribution is 6.45. The lowest BCUT2D eigenvalue weighted by atomic mass is 9.66. The van der Waals surface area contributed by atoms with Gasteiger partial charge in [0, 0.05) is 12.5 Å². The summed E-state index contributed by atoms with van der Waals surface area (Å²) in [6.45, 7) is 15.0. The van der Waals surface area contributed by atoms with Crippen LogP contribution in [-0.4, -0.2) is 58.2 Å². The summed E-state index contributed by atoms with van der Waals surface area (Å²) < 4.78 is 12.2. The van der Waals surface area contributed by atoms with E-state index in [2.05, 4.69) is 10.6 Å². The van der Waals surface area contributed by atoms with Gasteiger partial charge in [0.25, 0.3) is 5.91 Å². The highest BCUT2D eigenvalue weighted by Crippen LogP contribution is 2.42. The summed E-state index contributed by atoms with van der Waals surface area (Å²) >= 11 is 0. The lowest BCUT2D eigenvalue weighted by molar-refractivity contribution is -0.149. The number of urea groups is 1. The Morgan fingerprint density at radius 3 is 2.26 bits per heavy atom. The van der Waals surface area contributed by atoms with Crippen LogP contribution in [-0.2, 0) is 18.9 Å². The molecule has 0 radical (unpaired) electrons. The third kappa shape index (κ3) is 4.36. The van der Waals surface area contributed by atoms with Crippen molar-refractivity contribution >= 4 is 25.0 Å². The lowest BCUT2D eigenvalue weighted by Crippen LogP contribution is -2.79. The lowest BCUT2D eigenvalue weighted by Gasteiger charge is -2.53. The number of hydrogen-bond acceptors (Lipinski definition) is 5. The van der Waals surface area contributed by atoms with E-state index >= 15 is 0 Å². The molecular weight excluding hydrogens is 397 g/mol. The predicted octanol–water partition coefficient (Wildman–Crippen LogP) is 2.86. The van der Waals surface area contributed by atoms with E-state index in [4.69, 9.17) is 9.31 Å². The molecule has 9 heteroatoms. The number of carbonyl (C=O) groups excluding carboxylic acids is 3. The first kappa shape index (κ1) is 24.0. The molecular formula is C22H38BN3O5. The third-order valence-electron chi connectivity index (χ3n) is 7.34. The van der Waals surface area contributed by atoms with Gasteiger partial charge in [-0.2, -0.15) is 0 Å². The molecule has 1 unspecified atom stereocenters. The van der Waals surface area contributed by atoms with Crippen molar-refractivity contribution < 1.29 is 23.7 Å². The maximum atomic E-state index is 13.7. The molecule has 174 valence electrons. The van der Waals surface area contributed by atoms with Gasteiger partial charge in [-0.15, -0.1) is 0 Å². The predicted molar refractivity (Wildman–Crippen MR) is 118 cm³/mol. The van der Waals surface area contributed by atoms with E-state index in [1.54, 1.807) is 0 Å². The topological polar surface area (TPSA) is 97.0 Å².